The van der Waals surface area contributed by atoms with Crippen LogP contribution >= 0.6 is 11.3 Å². The lowest BCUT2D eigenvalue weighted by Gasteiger charge is -2.07. The molecule has 2 rings (SSSR count). The van der Waals surface area contributed by atoms with E-state index >= 15 is 0 Å². The molecule has 0 aliphatic rings. The first-order chi connectivity index (χ1) is 10.2. The summed E-state index contributed by atoms with van der Waals surface area (Å²) in [6.45, 7) is 2.41. The van der Waals surface area contributed by atoms with E-state index in [9.17, 15) is 9.59 Å². The first-order valence-electron chi connectivity index (χ1n) is 6.88. The summed E-state index contributed by atoms with van der Waals surface area (Å²) in [5.74, 6) is -0.249. The predicted molar refractivity (Wildman–Crippen MR) is 85.7 cm³/mol. The van der Waals surface area contributed by atoms with Crippen molar-refractivity contribution >= 4 is 28.8 Å². The lowest BCUT2D eigenvalue weighted by Crippen LogP contribution is -2.27. The van der Waals surface area contributed by atoms with Crippen molar-refractivity contribution in [3.05, 3.63) is 52.2 Å². The molecule has 1 heterocycles. The van der Waals surface area contributed by atoms with E-state index < -0.39 is 0 Å². The van der Waals surface area contributed by atoms with Gasteiger partial charge in [-0.05, 0) is 35.6 Å². The Morgan fingerprint density at radius 3 is 2.52 bits per heavy atom. The minimum absolute atomic E-state index is 0.107. The summed E-state index contributed by atoms with van der Waals surface area (Å²) in [6.07, 6.45) is 1.23. The number of hydrogen-bond acceptors (Lipinski definition) is 3. The smallest absolute Gasteiger partial charge is 0.252 e. The molecule has 0 unspecified atom stereocenters. The second-order valence-electron chi connectivity index (χ2n) is 4.62. The van der Waals surface area contributed by atoms with Crippen molar-refractivity contribution in [1.82, 2.24) is 5.32 Å². The molecular formula is C16H18N2O2S. The van der Waals surface area contributed by atoms with Gasteiger partial charge in [0.05, 0.1) is 0 Å². The van der Waals surface area contributed by atoms with Crippen LogP contribution in [0.25, 0.3) is 0 Å². The first-order valence-corrected chi connectivity index (χ1v) is 7.82. The largest absolute Gasteiger partial charge is 0.351 e. The van der Waals surface area contributed by atoms with Crippen molar-refractivity contribution in [2.24, 2.45) is 0 Å². The van der Waals surface area contributed by atoms with Crippen LogP contribution in [0.4, 0.5) is 5.69 Å². The summed E-state index contributed by atoms with van der Waals surface area (Å²) < 4.78 is 0. The summed E-state index contributed by atoms with van der Waals surface area (Å²) in [4.78, 5) is 23.5. The molecule has 0 saturated carbocycles. The van der Waals surface area contributed by atoms with Gasteiger partial charge < -0.3 is 10.6 Å². The number of hydrogen-bond donors (Lipinski definition) is 2. The van der Waals surface area contributed by atoms with E-state index in [0.29, 0.717) is 12.1 Å². The summed E-state index contributed by atoms with van der Waals surface area (Å²) in [5, 5.41) is 9.17. The molecule has 21 heavy (non-hydrogen) atoms. The Morgan fingerprint density at radius 1 is 1.14 bits per heavy atom. The highest BCUT2D eigenvalue weighted by molar-refractivity contribution is 7.08. The number of thiophene rings is 1. The normalized spacial score (nSPS) is 10.1. The maximum Gasteiger partial charge on any atom is 0.252 e. The highest BCUT2D eigenvalue weighted by Crippen LogP contribution is 2.10. The van der Waals surface area contributed by atoms with E-state index in [1.165, 1.54) is 16.9 Å². The fraction of sp³-hybridized carbons (Fsp3) is 0.250. The average molecular weight is 302 g/mol. The standard InChI is InChI=1S/C16H18N2O2S/c1-2-12-3-5-14(6-4-12)18-15(19)7-9-17-16(20)13-8-10-21-11-13/h3-6,8,10-11H,2,7,9H2,1H3,(H,17,20)(H,18,19). The molecule has 5 heteroatoms. The van der Waals surface area contributed by atoms with Gasteiger partial charge in [0.25, 0.3) is 5.91 Å². The van der Waals surface area contributed by atoms with Gasteiger partial charge in [-0.3, -0.25) is 9.59 Å². The van der Waals surface area contributed by atoms with Crippen LogP contribution in [0.3, 0.4) is 0 Å². The van der Waals surface area contributed by atoms with Gasteiger partial charge in [-0.2, -0.15) is 11.3 Å². The van der Waals surface area contributed by atoms with Gasteiger partial charge in [0, 0.05) is 29.6 Å². The third-order valence-electron chi connectivity index (χ3n) is 3.07. The third-order valence-corrected chi connectivity index (χ3v) is 3.75. The number of carbonyl (C=O) groups excluding carboxylic acids is 2. The number of aryl methyl sites for hydroxylation is 1. The molecule has 0 aliphatic heterocycles. The van der Waals surface area contributed by atoms with Gasteiger partial charge in [0.1, 0.15) is 0 Å². The zero-order chi connectivity index (χ0) is 15.1. The van der Waals surface area contributed by atoms with E-state index in [1.54, 1.807) is 11.4 Å². The molecule has 0 atom stereocenters. The Hall–Kier alpha value is -2.14. The van der Waals surface area contributed by atoms with Crippen LogP contribution in [0.15, 0.2) is 41.1 Å². The van der Waals surface area contributed by atoms with Crippen LogP contribution in [0.1, 0.15) is 29.3 Å². The number of carbonyl (C=O) groups is 2. The fourth-order valence-electron chi connectivity index (χ4n) is 1.83. The molecule has 2 N–H and O–H groups in total. The van der Waals surface area contributed by atoms with Gasteiger partial charge in [0.15, 0.2) is 0 Å². The molecular weight excluding hydrogens is 284 g/mol. The number of anilines is 1. The van der Waals surface area contributed by atoms with Crippen LogP contribution in [-0.2, 0) is 11.2 Å². The van der Waals surface area contributed by atoms with E-state index in [0.717, 1.165) is 12.1 Å². The van der Waals surface area contributed by atoms with Crippen molar-refractivity contribution in [2.45, 2.75) is 19.8 Å². The molecule has 110 valence electrons. The quantitative estimate of drug-likeness (QED) is 0.861. The lowest BCUT2D eigenvalue weighted by molar-refractivity contribution is -0.116. The second kappa shape index (κ2) is 7.59. The van der Waals surface area contributed by atoms with E-state index in [2.05, 4.69) is 17.6 Å². The molecule has 1 aromatic heterocycles. The number of rotatable bonds is 6. The van der Waals surface area contributed by atoms with Crippen LogP contribution in [0, 0.1) is 0 Å². The molecule has 0 saturated heterocycles. The summed E-state index contributed by atoms with van der Waals surface area (Å²) >= 11 is 1.47. The number of benzene rings is 1. The van der Waals surface area contributed by atoms with Crippen LogP contribution < -0.4 is 10.6 Å². The highest BCUT2D eigenvalue weighted by Gasteiger charge is 2.07. The van der Waals surface area contributed by atoms with Gasteiger partial charge in [-0.15, -0.1) is 0 Å². The van der Waals surface area contributed by atoms with Crippen molar-refractivity contribution in [2.75, 3.05) is 11.9 Å². The van der Waals surface area contributed by atoms with E-state index in [4.69, 9.17) is 0 Å². The minimum atomic E-state index is -0.142. The van der Waals surface area contributed by atoms with Gasteiger partial charge in [0.2, 0.25) is 5.91 Å². The average Bonchev–Trinajstić information content (AvgIpc) is 3.02. The lowest BCUT2D eigenvalue weighted by atomic mass is 10.1. The minimum Gasteiger partial charge on any atom is -0.351 e. The zero-order valence-corrected chi connectivity index (χ0v) is 12.7. The van der Waals surface area contributed by atoms with Gasteiger partial charge in [-0.1, -0.05) is 19.1 Å². The van der Waals surface area contributed by atoms with Crippen molar-refractivity contribution in [3.63, 3.8) is 0 Å². The van der Waals surface area contributed by atoms with Gasteiger partial charge in [-0.25, -0.2) is 0 Å². The molecule has 4 nitrogen and oxygen atoms in total. The molecule has 0 aliphatic carbocycles. The van der Waals surface area contributed by atoms with E-state index in [-0.39, 0.29) is 18.2 Å². The first kappa shape index (κ1) is 15.3. The molecule has 1 aromatic carbocycles. The molecule has 2 aromatic rings. The van der Waals surface area contributed by atoms with E-state index in [1.807, 2.05) is 29.6 Å². The number of nitrogens with one attached hydrogen (secondary N) is 2. The Bertz CT molecular complexity index is 591. The molecule has 0 fully saturated rings. The summed E-state index contributed by atoms with van der Waals surface area (Å²) in [6, 6.07) is 9.53. The number of amides is 2. The topological polar surface area (TPSA) is 58.2 Å². The van der Waals surface area contributed by atoms with Crippen LogP contribution in [0.5, 0.6) is 0 Å². The summed E-state index contributed by atoms with van der Waals surface area (Å²) in [7, 11) is 0. The molecule has 2 amide bonds. The Labute approximate surface area is 128 Å². The molecule has 0 radical (unpaired) electrons. The second-order valence-corrected chi connectivity index (χ2v) is 5.40. The van der Waals surface area contributed by atoms with Crippen molar-refractivity contribution in [3.8, 4) is 0 Å². The monoisotopic (exact) mass is 302 g/mol. The Balaban J connectivity index is 1.73. The SMILES string of the molecule is CCc1ccc(NC(=O)CCNC(=O)c2ccsc2)cc1. The summed E-state index contributed by atoms with van der Waals surface area (Å²) in [5.41, 5.74) is 2.65. The molecule has 0 bridgehead atoms. The van der Waals surface area contributed by atoms with Gasteiger partial charge >= 0.3 is 0 Å². The zero-order valence-electron chi connectivity index (χ0n) is 11.9. The third kappa shape index (κ3) is 4.72. The van der Waals surface area contributed by atoms with Crippen molar-refractivity contribution in [1.29, 1.82) is 0 Å². The van der Waals surface area contributed by atoms with Crippen LogP contribution in [-0.4, -0.2) is 18.4 Å². The maximum atomic E-state index is 11.8. The molecule has 0 spiro atoms. The Kier molecular flexibility index (Phi) is 5.51. The fourth-order valence-corrected chi connectivity index (χ4v) is 2.47. The van der Waals surface area contributed by atoms with Crippen molar-refractivity contribution < 1.29 is 9.59 Å². The Morgan fingerprint density at radius 2 is 1.90 bits per heavy atom. The maximum absolute atomic E-state index is 11.8. The highest BCUT2D eigenvalue weighted by atomic mass is 32.1. The van der Waals surface area contributed by atoms with Crippen LogP contribution in [0.2, 0.25) is 0 Å². The predicted octanol–water partition coefficient (Wildman–Crippen LogP) is 3.07.